The average Bonchev–Trinajstić information content (AvgIpc) is 1.85. The molecule has 0 N–H and O–H groups in total. The lowest BCUT2D eigenvalue weighted by Crippen LogP contribution is -1.94. The van der Waals surface area contributed by atoms with Crippen LogP contribution in [0.4, 0.5) is 0 Å². The van der Waals surface area contributed by atoms with Crippen LogP contribution in [-0.2, 0) is 0 Å². The molecule has 0 aliphatic rings. The van der Waals surface area contributed by atoms with Crippen molar-refractivity contribution in [2.75, 3.05) is 7.11 Å². The fraction of sp³-hybridized carbons (Fsp3) is 0.286. The Kier molecular flexibility index (Phi) is 2.06. The first-order valence-corrected chi connectivity index (χ1v) is 3.70. The molecule has 0 atom stereocenters. The van der Waals surface area contributed by atoms with Crippen LogP contribution in [-0.4, -0.2) is 7.11 Å². The Labute approximate surface area is 63.1 Å². The molecule has 0 spiro atoms. The van der Waals surface area contributed by atoms with Crippen LogP contribution in [0.15, 0.2) is 16.9 Å². The summed E-state index contributed by atoms with van der Waals surface area (Å²) in [6, 6.07) is 3.32. The molecule has 0 saturated heterocycles. The molecule has 0 amide bonds. The van der Waals surface area contributed by atoms with Crippen molar-refractivity contribution in [1.82, 2.24) is 0 Å². The summed E-state index contributed by atoms with van der Waals surface area (Å²) in [5.41, 5.74) is 0. The topological polar surface area (TPSA) is 26.3 Å². The molecule has 54 valence electrons. The van der Waals surface area contributed by atoms with Crippen LogP contribution in [0, 0.1) is 6.92 Å². The molecule has 0 aliphatic heterocycles. The average molecular weight is 156 g/mol. The normalized spacial score (nSPS) is 9.40. The van der Waals surface area contributed by atoms with Gasteiger partial charge in [0.05, 0.1) is 7.11 Å². The number of ether oxygens (including phenoxy) is 1. The highest BCUT2D eigenvalue weighted by Gasteiger charge is 1.93. The van der Waals surface area contributed by atoms with Gasteiger partial charge in [0.15, 0.2) is 0 Å². The predicted octanol–water partition coefficient (Wildman–Crippen LogP) is 1.43. The van der Waals surface area contributed by atoms with Gasteiger partial charge in [0.25, 0.3) is 0 Å². The van der Waals surface area contributed by atoms with E-state index in [2.05, 4.69) is 0 Å². The molecule has 0 saturated carbocycles. The van der Waals surface area contributed by atoms with Gasteiger partial charge in [-0.3, -0.25) is 4.79 Å². The van der Waals surface area contributed by atoms with Crippen LogP contribution in [0.3, 0.4) is 0 Å². The maximum atomic E-state index is 10.8. The van der Waals surface area contributed by atoms with Crippen LogP contribution in [0.1, 0.15) is 4.88 Å². The lowest BCUT2D eigenvalue weighted by molar-refractivity contribution is 0.414. The molecule has 10 heavy (non-hydrogen) atoms. The third-order valence-electron chi connectivity index (χ3n) is 1.10. The van der Waals surface area contributed by atoms with Gasteiger partial charge in [-0.05, 0) is 13.0 Å². The van der Waals surface area contributed by atoms with E-state index in [0.29, 0.717) is 5.75 Å². The number of methoxy groups -OCH3 is 1. The Hall–Kier alpha value is -0.830. The Balaban J connectivity index is 3.19. The molecule has 1 heterocycles. The van der Waals surface area contributed by atoms with Crippen molar-refractivity contribution in [1.29, 1.82) is 0 Å². The van der Waals surface area contributed by atoms with Crippen molar-refractivity contribution in [2.24, 2.45) is 0 Å². The Morgan fingerprint density at radius 1 is 1.50 bits per heavy atom. The van der Waals surface area contributed by atoms with Crippen molar-refractivity contribution < 1.29 is 4.74 Å². The minimum atomic E-state index is 0.0388. The second kappa shape index (κ2) is 2.84. The molecule has 0 radical (unpaired) electrons. The summed E-state index contributed by atoms with van der Waals surface area (Å²) in [5.74, 6) is 0.640. The van der Waals surface area contributed by atoms with Gasteiger partial charge in [-0.1, -0.05) is 11.3 Å². The first kappa shape index (κ1) is 7.28. The van der Waals surface area contributed by atoms with E-state index in [1.807, 2.05) is 13.0 Å². The van der Waals surface area contributed by atoms with E-state index in [1.54, 1.807) is 7.11 Å². The quantitative estimate of drug-likeness (QED) is 0.614. The van der Waals surface area contributed by atoms with E-state index in [1.165, 1.54) is 17.4 Å². The second-order valence-corrected chi connectivity index (χ2v) is 3.18. The summed E-state index contributed by atoms with van der Waals surface area (Å²) in [6.07, 6.45) is 0. The monoisotopic (exact) mass is 156 g/mol. The largest absolute Gasteiger partial charge is 0.497 e. The number of rotatable bonds is 1. The molecule has 0 aliphatic carbocycles. The zero-order chi connectivity index (χ0) is 7.56. The van der Waals surface area contributed by atoms with E-state index in [0.717, 1.165) is 4.88 Å². The summed E-state index contributed by atoms with van der Waals surface area (Å²) in [5, 5.41) is 0. The van der Waals surface area contributed by atoms with Gasteiger partial charge in [-0.2, -0.15) is 0 Å². The lowest BCUT2D eigenvalue weighted by Gasteiger charge is -1.96. The van der Waals surface area contributed by atoms with Crippen LogP contribution in [0.2, 0.25) is 0 Å². The van der Waals surface area contributed by atoms with Gasteiger partial charge in [0.1, 0.15) is 5.75 Å². The number of hydrogen-bond donors (Lipinski definition) is 0. The van der Waals surface area contributed by atoms with E-state index in [9.17, 15) is 4.79 Å². The molecule has 2 nitrogen and oxygen atoms in total. The molecule has 0 aromatic carbocycles. The van der Waals surface area contributed by atoms with E-state index in [4.69, 9.17) is 4.74 Å². The smallest absolute Gasteiger partial charge is 0.236 e. The summed E-state index contributed by atoms with van der Waals surface area (Å²) < 4.78 is 4.92. The second-order valence-electron chi connectivity index (χ2n) is 1.93. The zero-order valence-electron chi connectivity index (χ0n) is 5.88. The van der Waals surface area contributed by atoms with Crippen molar-refractivity contribution in [3.05, 3.63) is 26.5 Å². The highest BCUT2D eigenvalue weighted by atomic mass is 32.1. The minimum absolute atomic E-state index is 0.0388. The lowest BCUT2D eigenvalue weighted by atomic mass is 10.4. The fourth-order valence-corrected chi connectivity index (χ4v) is 1.36. The Bertz CT molecular complexity index is 277. The molecule has 0 bridgehead atoms. The Morgan fingerprint density at radius 2 is 2.20 bits per heavy atom. The van der Waals surface area contributed by atoms with Gasteiger partial charge >= 0.3 is 0 Å². The predicted molar refractivity (Wildman–Crippen MR) is 41.9 cm³/mol. The molecular formula is C7H8O2S. The van der Waals surface area contributed by atoms with E-state index >= 15 is 0 Å². The summed E-state index contributed by atoms with van der Waals surface area (Å²) in [7, 11) is 1.55. The number of aryl methyl sites for hydroxylation is 1. The highest BCUT2D eigenvalue weighted by molar-refractivity contribution is 7.09. The first-order valence-electron chi connectivity index (χ1n) is 2.88. The molecule has 1 aromatic heterocycles. The SMILES string of the molecule is COc1cc(C)sc(=O)c1. The number of hydrogen-bond acceptors (Lipinski definition) is 3. The van der Waals surface area contributed by atoms with Gasteiger partial charge in [-0.15, -0.1) is 0 Å². The fourth-order valence-electron chi connectivity index (χ4n) is 0.694. The van der Waals surface area contributed by atoms with Crippen molar-refractivity contribution in [3.8, 4) is 5.75 Å². The standard InChI is InChI=1S/C7H8O2S/c1-5-3-6(9-2)4-7(8)10-5/h3-4H,1-2H3. The van der Waals surface area contributed by atoms with Crippen LogP contribution in [0.5, 0.6) is 5.75 Å². The van der Waals surface area contributed by atoms with Crippen LogP contribution in [0.25, 0.3) is 0 Å². The van der Waals surface area contributed by atoms with Gasteiger partial charge in [-0.25, -0.2) is 0 Å². The summed E-state index contributed by atoms with van der Waals surface area (Å²) >= 11 is 1.23. The molecule has 0 unspecified atom stereocenters. The molecule has 1 aromatic rings. The van der Waals surface area contributed by atoms with Gasteiger partial charge in [0, 0.05) is 10.9 Å². The summed E-state index contributed by atoms with van der Waals surface area (Å²) in [6.45, 7) is 1.88. The third-order valence-corrected chi connectivity index (χ3v) is 1.86. The van der Waals surface area contributed by atoms with Crippen LogP contribution >= 0.6 is 11.3 Å². The highest BCUT2D eigenvalue weighted by Crippen LogP contribution is 2.10. The molecule has 0 fully saturated rings. The summed E-state index contributed by atoms with van der Waals surface area (Å²) in [4.78, 5) is 11.8. The van der Waals surface area contributed by atoms with E-state index in [-0.39, 0.29) is 4.74 Å². The van der Waals surface area contributed by atoms with Crippen molar-refractivity contribution >= 4 is 11.3 Å². The maximum Gasteiger partial charge on any atom is 0.236 e. The molecular weight excluding hydrogens is 148 g/mol. The van der Waals surface area contributed by atoms with Crippen molar-refractivity contribution in [2.45, 2.75) is 6.92 Å². The molecule has 1 rings (SSSR count). The van der Waals surface area contributed by atoms with Crippen molar-refractivity contribution in [3.63, 3.8) is 0 Å². The first-order chi connectivity index (χ1) is 4.72. The maximum absolute atomic E-state index is 10.8. The Morgan fingerprint density at radius 3 is 2.70 bits per heavy atom. The van der Waals surface area contributed by atoms with E-state index < -0.39 is 0 Å². The third kappa shape index (κ3) is 1.57. The molecule has 3 heteroatoms. The van der Waals surface area contributed by atoms with Gasteiger partial charge in [0.2, 0.25) is 4.74 Å². The minimum Gasteiger partial charge on any atom is -0.497 e. The van der Waals surface area contributed by atoms with Gasteiger partial charge < -0.3 is 4.74 Å². The zero-order valence-corrected chi connectivity index (χ0v) is 6.70. The van der Waals surface area contributed by atoms with Crippen LogP contribution < -0.4 is 9.48 Å².